The molecule has 1 aliphatic heterocycles. The van der Waals surface area contributed by atoms with Crippen molar-refractivity contribution in [2.24, 2.45) is 0 Å². The lowest BCUT2D eigenvalue weighted by atomic mass is 9.89. The number of halogens is 1. The molecule has 172 valence electrons. The Morgan fingerprint density at radius 1 is 1.24 bits per heavy atom. The van der Waals surface area contributed by atoms with Gasteiger partial charge in [0, 0.05) is 54.8 Å². The molecule has 0 aromatic carbocycles. The van der Waals surface area contributed by atoms with Crippen molar-refractivity contribution in [1.29, 1.82) is 0 Å². The summed E-state index contributed by atoms with van der Waals surface area (Å²) >= 11 is 0. The standard InChI is InChI=1S/C23H25FN6O3/c1-31-21-18-16(14-11-17(24)20-25-7-8-30(20)13-14)12-26-19(18)28-22(29-21)27-15-3-5-23(6-4-15)32-9-2-10-33-23/h7-8,11-13,15H,2-6,9-10H2,1H3,(H2,26,27,28,29). The Labute approximate surface area is 189 Å². The number of rotatable bonds is 4. The molecule has 6 rings (SSSR count). The first-order valence-corrected chi connectivity index (χ1v) is 11.2. The van der Waals surface area contributed by atoms with Crippen molar-refractivity contribution in [2.75, 3.05) is 25.6 Å². The largest absolute Gasteiger partial charge is 0.480 e. The molecule has 0 bridgehead atoms. The van der Waals surface area contributed by atoms with Crippen LogP contribution in [0.1, 0.15) is 32.1 Å². The Morgan fingerprint density at radius 3 is 2.85 bits per heavy atom. The zero-order chi connectivity index (χ0) is 22.4. The molecular formula is C23H25FN6O3. The maximum absolute atomic E-state index is 14.5. The fourth-order valence-corrected chi connectivity index (χ4v) is 4.87. The van der Waals surface area contributed by atoms with E-state index in [1.807, 2.05) is 6.20 Å². The molecule has 33 heavy (non-hydrogen) atoms. The van der Waals surface area contributed by atoms with E-state index in [0.29, 0.717) is 28.4 Å². The van der Waals surface area contributed by atoms with Crippen LogP contribution in [-0.2, 0) is 9.47 Å². The molecule has 2 aliphatic rings. The second-order valence-corrected chi connectivity index (χ2v) is 8.60. The highest BCUT2D eigenvalue weighted by Gasteiger charge is 2.39. The Hall–Kier alpha value is -3.24. The van der Waals surface area contributed by atoms with Crippen molar-refractivity contribution in [3.63, 3.8) is 0 Å². The Morgan fingerprint density at radius 2 is 2.06 bits per heavy atom. The van der Waals surface area contributed by atoms with Crippen molar-refractivity contribution in [3.05, 3.63) is 36.7 Å². The van der Waals surface area contributed by atoms with Gasteiger partial charge < -0.3 is 28.9 Å². The van der Waals surface area contributed by atoms with Crippen LogP contribution in [0.5, 0.6) is 5.88 Å². The number of aromatic nitrogens is 5. The number of pyridine rings is 1. The second-order valence-electron chi connectivity index (χ2n) is 8.60. The van der Waals surface area contributed by atoms with Gasteiger partial charge >= 0.3 is 0 Å². The van der Waals surface area contributed by atoms with Crippen molar-refractivity contribution in [1.82, 2.24) is 24.3 Å². The first-order chi connectivity index (χ1) is 16.1. The van der Waals surface area contributed by atoms with E-state index < -0.39 is 11.6 Å². The number of aromatic amines is 1. The van der Waals surface area contributed by atoms with Gasteiger partial charge in [0.1, 0.15) is 5.65 Å². The average Bonchev–Trinajstić information content (AvgIpc) is 3.48. The number of anilines is 1. The fraction of sp³-hybridized carbons (Fsp3) is 0.435. The molecule has 0 amide bonds. The number of nitrogens with zero attached hydrogens (tertiary/aromatic N) is 4. The minimum atomic E-state index is -0.418. The van der Waals surface area contributed by atoms with Crippen LogP contribution in [0.25, 0.3) is 27.8 Å². The molecule has 0 unspecified atom stereocenters. The van der Waals surface area contributed by atoms with Gasteiger partial charge in [-0.2, -0.15) is 9.97 Å². The fourth-order valence-electron chi connectivity index (χ4n) is 4.87. The van der Waals surface area contributed by atoms with Crippen LogP contribution in [0, 0.1) is 5.82 Å². The first-order valence-electron chi connectivity index (χ1n) is 11.2. The van der Waals surface area contributed by atoms with Gasteiger partial charge in [0.15, 0.2) is 17.3 Å². The third kappa shape index (κ3) is 3.59. The van der Waals surface area contributed by atoms with Gasteiger partial charge in [-0.3, -0.25) is 0 Å². The van der Waals surface area contributed by atoms with Gasteiger partial charge in [-0.15, -0.1) is 0 Å². The number of hydrogen-bond donors (Lipinski definition) is 2. The molecule has 4 aromatic rings. The molecule has 1 saturated carbocycles. The summed E-state index contributed by atoms with van der Waals surface area (Å²) < 4.78 is 33.7. The monoisotopic (exact) mass is 452 g/mol. The maximum Gasteiger partial charge on any atom is 0.228 e. The lowest BCUT2D eigenvalue weighted by Crippen LogP contribution is -2.45. The van der Waals surface area contributed by atoms with Crippen LogP contribution in [0.3, 0.4) is 0 Å². The number of imidazole rings is 1. The van der Waals surface area contributed by atoms with E-state index in [0.717, 1.165) is 50.9 Å². The first kappa shape index (κ1) is 20.4. The van der Waals surface area contributed by atoms with E-state index in [-0.39, 0.29) is 11.7 Å². The average molecular weight is 452 g/mol. The van der Waals surface area contributed by atoms with Crippen LogP contribution < -0.4 is 10.1 Å². The van der Waals surface area contributed by atoms with E-state index in [4.69, 9.17) is 14.2 Å². The molecular weight excluding hydrogens is 427 g/mol. The van der Waals surface area contributed by atoms with Crippen molar-refractivity contribution in [2.45, 2.75) is 43.9 Å². The van der Waals surface area contributed by atoms with Gasteiger partial charge in [0.2, 0.25) is 11.8 Å². The van der Waals surface area contributed by atoms with Gasteiger partial charge in [-0.1, -0.05) is 0 Å². The van der Waals surface area contributed by atoms with Crippen LogP contribution in [-0.4, -0.2) is 56.5 Å². The molecule has 1 aliphatic carbocycles. The van der Waals surface area contributed by atoms with Crippen LogP contribution in [0.4, 0.5) is 10.3 Å². The topological polar surface area (TPSA) is 98.6 Å². The summed E-state index contributed by atoms with van der Waals surface area (Å²) in [7, 11) is 1.57. The summed E-state index contributed by atoms with van der Waals surface area (Å²) in [4.78, 5) is 16.5. The lowest BCUT2D eigenvalue weighted by molar-refractivity contribution is -0.280. The SMILES string of the molecule is COc1nc(NC2CCC3(CC2)OCCCO3)nc2[nH]cc(-c3cc(F)c4nccn4c3)c12. The normalized spacial score (nSPS) is 18.8. The number of methoxy groups -OCH3 is 1. The molecule has 2 N–H and O–H groups in total. The summed E-state index contributed by atoms with van der Waals surface area (Å²) in [6.07, 6.45) is 11.4. The highest BCUT2D eigenvalue weighted by molar-refractivity contribution is 5.97. The van der Waals surface area contributed by atoms with E-state index in [9.17, 15) is 4.39 Å². The Bertz CT molecular complexity index is 1300. The third-order valence-corrected chi connectivity index (χ3v) is 6.54. The van der Waals surface area contributed by atoms with Crippen molar-refractivity contribution >= 4 is 22.6 Å². The lowest BCUT2D eigenvalue weighted by Gasteiger charge is -2.42. The van der Waals surface area contributed by atoms with E-state index in [1.165, 1.54) is 6.07 Å². The van der Waals surface area contributed by atoms with E-state index in [2.05, 4.69) is 25.3 Å². The highest BCUT2D eigenvalue weighted by atomic mass is 19.1. The third-order valence-electron chi connectivity index (χ3n) is 6.54. The molecule has 5 heterocycles. The van der Waals surface area contributed by atoms with E-state index >= 15 is 0 Å². The van der Waals surface area contributed by atoms with Crippen molar-refractivity contribution < 1.29 is 18.6 Å². The summed E-state index contributed by atoms with van der Waals surface area (Å²) in [5.41, 5.74) is 2.34. The summed E-state index contributed by atoms with van der Waals surface area (Å²) in [5.74, 6) is 0.108. The van der Waals surface area contributed by atoms with Crippen molar-refractivity contribution in [3.8, 4) is 17.0 Å². The van der Waals surface area contributed by atoms with Crippen LogP contribution in [0.2, 0.25) is 0 Å². The minimum Gasteiger partial charge on any atom is -0.480 e. The molecule has 9 nitrogen and oxygen atoms in total. The zero-order valence-electron chi connectivity index (χ0n) is 18.3. The maximum atomic E-state index is 14.5. The number of nitrogens with one attached hydrogen (secondary N) is 2. The number of ether oxygens (including phenoxy) is 3. The molecule has 2 fully saturated rings. The van der Waals surface area contributed by atoms with Gasteiger partial charge in [0.05, 0.1) is 25.7 Å². The van der Waals surface area contributed by atoms with Gasteiger partial charge in [0.25, 0.3) is 0 Å². The number of fused-ring (bicyclic) bond motifs is 2. The molecule has 0 atom stereocenters. The smallest absolute Gasteiger partial charge is 0.228 e. The van der Waals surface area contributed by atoms with E-state index in [1.54, 1.807) is 30.1 Å². The zero-order valence-corrected chi connectivity index (χ0v) is 18.3. The molecule has 1 spiro atoms. The van der Waals surface area contributed by atoms with Gasteiger partial charge in [-0.05, 0) is 25.3 Å². The second kappa shape index (κ2) is 7.96. The minimum absolute atomic E-state index is 0.221. The summed E-state index contributed by atoms with van der Waals surface area (Å²) in [6.45, 7) is 1.53. The predicted octanol–water partition coefficient (Wildman–Crippen LogP) is 3.91. The number of hydrogen-bond acceptors (Lipinski definition) is 7. The highest BCUT2D eigenvalue weighted by Crippen LogP contribution is 2.37. The molecule has 0 radical (unpaired) electrons. The van der Waals surface area contributed by atoms with Crippen LogP contribution >= 0.6 is 0 Å². The predicted molar refractivity (Wildman–Crippen MR) is 120 cm³/mol. The molecule has 10 heteroatoms. The molecule has 1 saturated heterocycles. The quantitative estimate of drug-likeness (QED) is 0.484. The number of H-pyrrole nitrogens is 1. The summed E-state index contributed by atoms with van der Waals surface area (Å²) in [5, 5.41) is 4.15. The Balaban J connectivity index is 1.28. The van der Waals surface area contributed by atoms with Gasteiger partial charge in [-0.25, -0.2) is 9.37 Å². The summed E-state index contributed by atoms with van der Waals surface area (Å²) in [6, 6.07) is 1.68. The Kier molecular flexibility index (Phi) is 4.92. The van der Waals surface area contributed by atoms with Crippen LogP contribution in [0.15, 0.2) is 30.9 Å². The molecule has 4 aromatic heterocycles.